The Bertz CT molecular complexity index is 471. The third kappa shape index (κ3) is 1.80. The Morgan fingerprint density at radius 3 is 3.14 bits per heavy atom. The van der Waals surface area contributed by atoms with Gasteiger partial charge in [-0.05, 0) is 31.1 Å². The maximum absolute atomic E-state index is 7.37. The van der Waals surface area contributed by atoms with E-state index in [-0.39, 0.29) is 0 Å². The molecule has 2 nitrogen and oxygen atoms in total. The summed E-state index contributed by atoms with van der Waals surface area (Å²) in [6.45, 7) is 0.875. The minimum Gasteiger partial charge on any atom is -0.361 e. The minimum absolute atomic E-state index is 0.644. The molecule has 0 saturated carbocycles. The second kappa shape index (κ2) is 4.29. The Kier molecular flexibility index (Phi) is 2.17. The van der Waals surface area contributed by atoms with E-state index in [4.69, 9.17) is 2.74 Å². The van der Waals surface area contributed by atoms with Gasteiger partial charge in [0.25, 0.3) is 0 Å². The van der Waals surface area contributed by atoms with E-state index < -0.39 is 6.50 Å². The molecule has 0 aliphatic heterocycles. The van der Waals surface area contributed by atoms with Crippen LogP contribution in [0.1, 0.15) is 15.2 Å². The van der Waals surface area contributed by atoms with Gasteiger partial charge in [-0.1, -0.05) is 25.1 Å². The standard InChI is InChI=1S/C12H16N2/c1-2-13-8-7-10-9-14-12-6-4-3-5-11(10)12/h3-6,9,13-14H,2,7-8H2,1H3/i2D2. The largest absolute Gasteiger partial charge is 0.361 e. The molecule has 0 fully saturated rings. The first-order chi connectivity index (χ1) is 7.56. The normalized spacial score (nSPS) is 14.1. The van der Waals surface area contributed by atoms with Gasteiger partial charge in [-0.2, -0.15) is 0 Å². The number of aromatic nitrogens is 1. The lowest BCUT2D eigenvalue weighted by Gasteiger charge is -1.99. The third-order valence-corrected chi connectivity index (χ3v) is 2.37. The monoisotopic (exact) mass is 190 g/mol. The molecule has 2 rings (SSSR count). The molecule has 2 aromatic rings. The number of para-hydroxylation sites is 1. The van der Waals surface area contributed by atoms with Crippen LogP contribution in [0.25, 0.3) is 10.9 Å². The SMILES string of the molecule is [2H]C([2H])(C)NCCc1c[nH]c2ccccc12. The lowest BCUT2D eigenvalue weighted by molar-refractivity contribution is 0.718. The zero-order chi connectivity index (χ0) is 11.6. The minimum atomic E-state index is -1.30. The summed E-state index contributed by atoms with van der Waals surface area (Å²) >= 11 is 0. The number of H-pyrrole nitrogens is 1. The smallest absolute Gasteiger partial charge is 0.0456 e. The second-order valence-corrected chi connectivity index (χ2v) is 3.29. The van der Waals surface area contributed by atoms with Gasteiger partial charge in [0.2, 0.25) is 0 Å². The summed E-state index contributed by atoms with van der Waals surface area (Å²) < 4.78 is 14.7. The molecule has 0 amide bonds. The fraction of sp³-hybridized carbons (Fsp3) is 0.333. The molecule has 0 aliphatic carbocycles. The predicted octanol–water partition coefficient (Wildman–Crippen LogP) is 2.32. The van der Waals surface area contributed by atoms with Crippen LogP contribution in [0, 0.1) is 0 Å². The molecular weight excluding hydrogens is 172 g/mol. The van der Waals surface area contributed by atoms with Crippen molar-refractivity contribution in [2.75, 3.05) is 13.0 Å². The Hall–Kier alpha value is -1.28. The van der Waals surface area contributed by atoms with Crippen molar-refractivity contribution in [1.82, 2.24) is 10.3 Å². The van der Waals surface area contributed by atoms with Gasteiger partial charge in [-0.3, -0.25) is 0 Å². The molecule has 14 heavy (non-hydrogen) atoms. The molecular formula is C12H16N2. The van der Waals surface area contributed by atoms with E-state index in [0.29, 0.717) is 6.54 Å². The quantitative estimate of drug-likeness (QED) is 0.760. The highest BCUT2D eigenvalue weighted by molar-refractivity contribution is 5.83. The Morgan fingerprint density at radius 1 is 1.43 bits per heavy atom. The number of nitrogens with one attached hydrogen (secondary N) is 2. The summed E-state index contributed by atoms with van der Waals surface area (Å²) in [6, 6.07) is 8.16. The van der Waals surface area contributed by atoms with E-state index in [1.54, 1.807) is 0 Å². The molecule has 0 spiro atoms. The van der Waals surface area contributed by atoms with Crippen molar-refractivity contribution in [2.45, 2.75) is 13.3 Å². The highest BCUT2D eigenvalue weighted by Gasteiger charge is 2.00. The van der Waals surface area contributed by atoms with Gasteiger partial charge < -0.3 is 10.3 Å². The van der Waals surface area contributed by atoms with Crippen molar-refractivity contribution in [3.8, 4) is 0 Å². The van der Waals surface area contributed by atoms with Crippen LogP contribution in [0.15, 0.2) is 30.5 Å². The molecule has 0 saturated heterocycles. The van der Waals surface area contributed by atoms with Gasteiger partial charge >= 0.3 is 0 Å². The van der Waals surface area contributed by atoms with Crippen LogP contribution < -0.4 is 5.32 Å². The summed E-state index contributed by atoms with van der Waals surface area (Å²) in [5, 5.41) is 4.07. The molecule has 0 atom stereocenters. The van der Waals surface area contributed by atoms with Crippen molar-refractivity contribution in [2.24, 2.45) is 0 Å². The summed E-state index contributed by atoms with van der Waals surface area (Å²) in [7, 11) is 0. The van der Waals surface area contributed by atoms with Crippen molar-refractivity contribution in [3.63, 3.8) is 0 Å². The van der Waals surface area contributed by atoms with Crippen LogP contribution in [0.5, 0.6) is 0 Å². The van der Waals surface area contributed by atoms with E-state index in [2.05, 4.69) is 16.4 Å². The van der Waals surface area contributed by atoms with Crippen LogP contribution >= 0.6 is 0 Å². The van der Waals surface area contributed by atoms with Crippen LogP contribution in [0.4, 0.5) is 0 Å². The molecule has 0 radical (unpaired) electrons. The van der Waals surface area contributed by atoms with Gasteiger partial charge in [0.05, 0.1) is 0 Å². The van der Waals surface area contributed by atoms with Gasteiger partial charge in [-0.15, -0.1) is 0 Å². The maximum Gasteiger partial charge on any atom is 0.0456 e. The zero-order valence-corrected chi connectivity index (χ0v) is 8.30. The number of benzene rings is 1. The van der Waals surface area contributed by atoms with Crippen LogP contribution in [0.2, 0.25) is 0 Å². The molecule has 74 valence electrons. The van der Waals surface area contributed by atoms with Crippen molar-refractivity contribution in [1.29, 1.82) is 0 Å². The number of hydrogen-bond acceptors (Lipinski definition) is 1. The molecule has 0 aliphatic rings. The van der Waals surface area contributed by atoms with E-state index in [9.17, 15) is 0 Å². The predicted molar refractivity (Wildman–Crippen MR) is 60.5 cm³/mol. The number of rotatable bonds is 4. The lowest BCUT2D eigenvalue weighted by atomic mass is 10.1. The molecule has 1 heterocycles. The molecule has 0 bridgehead atoms. The van der Waals surface area contributed by atoms with Gasteiger partial charge in [0.15, 0.2) is 0 Å². The highest BCUT2D eigenvalue weighted by Crippen LogP contribution is 2.17. The van der Waals surface area contributed by atoms with Crippen LogP contribution in [0.3, 0.4) is 0 Å². The van der Waals surface area contributed by atoms with Crippen LogP contribution in [-0.2, 0) is 6.42 Å². The highest BCUT2D eigenvalue weighted by atomic mass is 14.8. The number of likely N-dealkylation sites (N-methyl/N-ethyl adjacent to an activating group) is 1. The van der Waals surface area contributed by atoms with E-state index in [1.165, 1.54) is 17.9 Å². The van der Waals surface area contributed by atoms with E-state index in [0.717, 1.165) is 11.9 Å². The zero-order valence-electron chi connectivity index (χ0n) is 10.3. The van der Waals surface area contributed by atoms with Gasteiger partial charge in [-0.25, -0.2) is 0 Å². The van der Waals surface area contributed by atoms with Crippen molar-refractivity contribution >= 4 is 10.9 Å². The van der Waals surface area contributed by atoms with E-state index >= 15 is 0 Å². The first-order valence-corrected chi connectivity index (χ1v) is 4.86. The van der Waals surface area contributed by atoms with Gasteiger partial charge in [0, 0.05) is 19.8 Å². The fourth-order valence-corrected chi connectivity index (χ4v) is 1.66. The first-order valence-electron chi connectivity index (χ1n) is 5.86. The molecule has 0 unspecified atom stereocenters. The number of fused-ring (bicyclic) bond motifs is 1. The summed E-state index contributed by atoms with van der Waals surface area (Å²) in [5.41, 5.74) is 2.37. The maximum atomic E-state index is 7.37. The Labute approximate surface area is 87.1 Å². The summed E-state index contributed by atoms with van der Waals surface area (Å²) in [6.07, 6.45) is 2.83. The van der Waals surface area contributed by atoms with Crippen molar-refractivity contribution < 1.29 is 2.74 Å². The summed E-state index contributed by atoms with van der Waals surface area (Å²) in [4.78, 5) is 3.21. The molecule has 2 heteroatoms. The summed E-state index contributed by atoms with van der Waals surface area (Å²) in [5.74, 6) is 0. The molecule has 1 aromatic carbocycles. The van der Waals surface area contributed by atoms with Crippen molar-refractivity contribution in [3.05, 3.63) is 36.0 Å². The third-order valence-electron chi connectivity index (χ3n) is 2.37. The van der Waals surface area contributed by atoms with E-state index in [1.807, 2.05) is 24.4 Å². The number of hydrogen-bond donors (Lipinski definition) is 2. The lowest BCUT2D eigenvalue weighted by Crippen LogP contribution is -2.15. The average Bonchev–Trinajstić information content (AvgIpc) is 2.60. The topological polar surface area (TPSA) is 27.8 Å². The first kappa shape index (κ1) is 7.07. The Morgan fingerprint density at radius 2 is 2.29 bits per heavy atom. The molecule has 1 aromatic heterocycles. The van der Waals surface area contributed by atoms with Gasteiger partial charge in [0.1, 0.15) is 0 Å². The van der Waals surface area contributed by atoms with Crippen LogP contribution in [-0.4, -0.2) is 18.0 Å². The fourth-order valence-electron chi connectivity index (χ4n) is 1.66. The second-order valence-electron chi connectivity index (χ2n) is 3.29. The Balaban J connectivity index is 2.05. The average molecular weight is 190 g/mol. The molecule has 2 N–H and O–H groups in total. The number of aromatic amines is 1.